The molecule has 0 spiro atoms. The normalized spacial score (nSPS) is 10.6. The van der Waals surface area contributed by atoms with Crippen LogP contribution in [0.25, 0.3) is 0 Å². The van der Waals surface area contributed by atoms with E-state index in [-0.39, 0.29) is 18.2 Å². The highest BCUT2D eigenvalue weighted by molar-refractivity contribution is 6.08. The third kappa shape index (κ3) is 5.84. The van der Waals surface area contributed by atoms with E-state index in [4.69, 9.17) is 0 Å². The summed E-state index contributed by atoms with van der Waals surface area (Å²) in [5.41, 5.74) is 3.61. The van der Waals surface area contributed by atoms with E-state index in [2.05, 4.69) is 43.2 Å². The summed E-state index contributed by atoms with van der Waals surface area (Å²) < 4.78 is 0. The maximum Gasteiger partial charge on any atom is 0.233 e. The average Bonchev–Trinajstić information content (AvgIpc) is 2.64. The van der Waals surface area contributed by atoms with Gasteiger partial charge in [-0.1, -0.05) is 32.0 Å². The molecule has 5 heteroatoms. The number of hydrogen-bond acceptors (Lipinski definition) is 3. The van der Waals surface area contributed by atoms with Gasteiger partial charge in [-0.05, 0) is 55.7 Å². The van der Waals surface area contributed by atoms with Crippen LogP contribution in [-0.4, -0.2) is 24.9 Å². The SMILES string of the molecule is CCN(CC)c1ccc(NC(=O)CC(=O)Nc2ccccc2C(C)C)cc1. The van der Waals surface area contributed by atoms with E-state index >= 15 is 0 Å². The molecule has 0 aliphatic rings. The van der Waals surface area contributed by atoms with Crippen LogP contribution >= 0.6 is 0 Å². The monoisotopic (exact) mass is 367 g/mol. The zero-order valence-electron chi connectivity index (χ0n) is 16.6. The fourth-order valence-corrected chi connectivity index (χ4v) is 3.00. The van der Waals surface area contributed by atoms with E-state index in [0.717, 1.165) is 30.0 Å². The third-order valence-corrected chi connectivity index (χ3v) is 4.46. The van der Waals surface area contributed by atoms with Crippen molar-refractivity contribution >= 4 is 28.9 Å². The zero-order chi connectivity index (χ0) is 19.8. The molecule has 0 aliphatic heterocycles. The number of benzene rings is 2. The van der Waals surface area contributed by atoms with Gasteiger partial charge < -0.3 is 15.5 Å². The van der Waals surface area contributed by atoms with Gasteiger partial charge in [0.15, 0.2) is 0 Å². The lowest BCUT2D eigenvalue weighted by atomic mass is 10.0. The minimum absolute atomic E-state index is 0.218. The van der Waals surface area contributed by atoms with E-state index in [1.807, 2.05) is 48.5 Å². The second-order valence-corrected chi connectivity index (χ2v) is 6.73. The lowest BCUT2D eigenvalue weighted by Gasteiger charge is -2.21. The number of anilines is 3. The van der Waals surface area contributed by atoms with Gasteiger partial charge in [-0.2, -0.15) is 0 Å². The molecule has 0 saturated carbocycles. The molecule has 2 amide bonds. The van der Waals surface area contributed by atoms with Crippen molar-refractivity contribution in [2.45, 2.75) is 40.0 Å². The number of nitrogens with zero attached hydrogens (tertiary/aromatic N) is 1. The Balaban J connectivity index is 1.93. The third-order valence-electron chi connectivity index (χ3n) is 4.46. The number of carbonyl (C=O) groups excluding carboxylic acids is 2. The summed E-state index contributed by atoms with van der Waals surface area (Å²) in [4.78, 5) is 26.6. The molecule has 0 radical (unpaired) electrons. The summed E-state index contributed by atoms with van der Waals surface area (Å²) in [6, 6.07) is 15.3. The number of carbonyl (C=O) groups is 2. The van der Waals surface area contributed by atoms with Crippen LogP contribution in [0.1, 0.15) is 45.6 Å². The Labute approximate surface area is 161 Å². The topological polar surface area (TPSA) is 61.4 Å². The van der Waals surface area contributed by atoms with Gasteiger partial charge in [0, 0.05) is 30.2 Å². The fourth-order valence-electron chi connectivity index (χ4n) is 3.00. The average molecular weight is 367 g/mol. The number of rotatable bonds is 8. The summed E-state index contributed by atoms with van der Waals surface area (Å²) in [7, 11) is 0. The molecular formula is C22H29N3O2. The molecule has 2 aromatic rings. The Bertz CT molecular complexity index is 765. The van der Waals surface area contributed by atoms with E-state index in [9.17, 15) is 9.59 Å². The van der Waals surface area contributed by atoms with E-state index in [1.165, 1.54) is 0 Å². The molecule has 0 atom stereocenters. The molecule has 0 fully saturated rings. The van der Waals surface area contributed by atoms with Crippen molar-refractivity contribution in [2.24, 2.45) is 0 Å². The van der Waals surface area contributed by atoms with E-state index in [1.54, 1.807) is 0 Å². The predicted molar refractivity (Wildman–Crippen MR) is 112 cm³/mol. The highest BCUT2D eigenvalue weighted by Crippen LogP contribution is 2.24. The van der Waals surface area contributed by atoms with E-state index in [0.29, 0.717) is 11.6 Å². The van der Waals surface area contributed by atoms with Crippen molar-refractivity contribution in [3.63, 3.8) is 0 Å². The Morgan fingerprint density at radius 3 is 2.07 bits per heavy atom. The zero-order valence-corrected chi connectivity index (χ0v) is 16.6. The standard InChI is InChI=1S/C22H29N3O2/c1-5-25(6-2)18-13-11-17(12-14-18)23-21(26)15-22(27)24-20-10-8-7-9-19(20)16(3)4/h7-14,16H,5-6,15H2,1-4H3,(H,23,26)(H,24,27). The highest BCUT2D eigenvalue weighted by atomic mass is 16.2. The van der Waals surface area contributed by atoms with Gasteiger partial charge in [-0.25, -0.2) is 0 Å². The van der Waals surface area contributed by atoms with Crippen molar-refractivity contribution in [3.8, 4) is 0 Å². The van der Waals surface area contributed by atoms with Gasteiger partial charge in [-0.15, -0.1) is 0 Å². The second kappa shape index (κ2) is 9.76. The molecule has 0 saturated heterocycles. The lowest BCUT2D eigenvalue weighted by Crippen LogP contribution is -2.23. The number of para-hydroxylation sites is 1. The molecule has 2 rings (SSSR count). The van der Waals surface area contributed by atoms with Crippen molar-refractivity contribution in [1.82, 2.24) is 0 Å². The van der Waals surface area contributed by atoms with Crippen LogP contribution in [0.5, 0.6) is 0 Å². The number of hydrogen-bond donors (Lipinski definition) is 2. The summed E-state index contributed by atoms with van der Waals surface area (Å²) >= 11 is 0. The predicted octanol–water partition coefficient (Wildman–Crippen LogP) is 4.62. The molecule has 2 N–H and O–H groups in total. The van der Waals surface area contributed by atoms with E-state index < -0.39 is 0 Å². The van der Waals surface area contributed by atoms with Gasteiger partial charge in [0.1, 0.15) is 6.42 Å². The fraction of sp³-hybridized carbons (Fsp3) is 0.364. The van der Waals surface area contributed by atoms with Crippen LogP contribution in [0.15, 0.2) is 48.5 Å². The quantitative estimate of drug-likeness (QED) is 0.669. The molecule has 0 aromatic heterocycles. The Morgan fingerprint density at radius 1 is 0.889 bits per heavy atom. The van der Waals surface area contributed by atoms with Gasteiger partial charge in [0.25, 0.3) is 0 Å². The lowest BCUT2D eigenvalue weighted by molar-refractivity contribution is -0.123. The van der Waals surface area contributed by atoms with Crippen molar-refractivity contribution < 1.29 is 9.59 Å². The Kier molecular flexibility index (Phi) is 7.41. The summed E-state index contributed by atoms with van der Waals surface area (Å²) in [6.45, 7) is 10.2. The van der Waals surface area contributed by atoms with Crippen LogP contribution in [0.3, 0.4) is 0 Å². The first kappa shape index (κ1) is 20.5. The van der Waals surface area contributed by atoms with Crippen LogP contribution in [0.2, 0.25) is 0 Å². The van der Waals surface area contributed by atoms with Crippen LogP contribution < -0.4 is 15.5 Å². The minimum Gasteiger partial charge on any atom is -0.372 e. The highest BCUT2D eigenvalue weighted by Gasteiger charge is 2.13. The molecule has 0 heterocycles. The van der Waals surface area contributed by atoms with Crippen LogP contribution in [-0.2, 0) is 9.59 Å². The molecule has 144 valence electrons. The second-order valence-electron chi connectivity index (χ2n) is 6.73. The molecule has 2 aromatic carbocycles. The summed E-state index contributed by atoms with van der Waals surface area (Å²) in [5.74, 6) is -0.356. The molecule has 27 heavy (non-hydrogen) atoms. The first-order chi connectivity index (χ1) is 12.9. The largest absolute Gasteiger partial charge is 0.372 e. The van der Waals surface area contributed by atoms with Gasteiger partial charge >= 0.3 is 0 Å². The van der Waals surface area contributed by atoms with Crippen LogP contribution in [0, 0.1) is 0 Å². The van der Waals surface area contributed by atoms with Crippen molar-refractivity contribution in [3.05, 3.63) is 54.1 Å². The number of nitrogens with one attached hydrogen (secondary N) is 2. The minimum atomic E-state index is -0.329. The first-order valence-corrected chi connectivity index (χ1v) is 9.48. The van der Waals surface area contributed by atoms with Gasteiger partial charge in [-0.3, -0.25) is 9.59 Å². The molecular weight excluding hydrogens is 338 g/mol. The molecule has 0 bridgehead atoms. The Morgan fingerprint density at radius 2 is 1.48 bits per heavy atom. The molecule has 0 unspecified atom stereocenters. The Hall–Kier alpha value is -2.82. The van der Waals surface area contributed by atoms with Crippen molar-refractivity contribution in [1.29, 1.82) is 0 Å². The number of amides is 2. The maximum absolute atomic E-state index is 12.2. The molecule has 5 nitrogen and oxygen atoms in total. The van der Waals surface area contributed by atoms with Gasteiger partial charge in [0.2, 0.25) is 11.8 Å². The van der Waals surface area contributed by atoms with Crippen LogP contribution in [0.4, 0.5) is 17.1 Å². The maximum atomic E-state index is 12.2. The first-order valence-electron chi connectivity index (χ1n) is 9.48. The van der Waals surface area contributed by atoms with Crippen molar-refractivity contribution in [2.75, 3.05) is 28.6 Å². The summed E-state index contributed by atoms with van der Waals surface area (Å²) in [5, 5.41) is 5.62. The smallest absolute Gasteiger partial charge is 0.233 e. The summed E-state index contributed by atoms with van der Waals surface area (Å²) in [6.07, 6.45) is -0.218. The van der Waals surface area contributed by atoms with Gasteiger partial charge in [0.05, 0.1) is 0 Å². The molecule has 0 aliphatic carbocycles.